The first kappa shape index (κ1) is 22.9. The molecule has 0 saturated heterocycles. The van der Waals surface area contributed by atoms with E-state index in [1.165, 1.54) is 91.0 Å². The number of aryl methyl sites for hydroxylation is 2. The van der Waals surface area contributed by atoms with Gasteiger partial charge in [-0.15, -0.1) is 11.3 Å². The number of aromatic hydroxyl groups is 1. The zero-order valence-corrected chi connectivity index (χ0v) is 23.4. The van der Waals surface area contributed by atoms with Gasteiger partial charge in [0, 0.05) is 32.4 Å². The summed E-state index contributed by atoms with van der Waals surface area (Å²) >= 11 is 1.99. The smallest absolute Gasteiger partial charge is 0.123 e. The predicted molar refractivity (Wildman–Crippen MR) is 163 cm³/mol. The Morgan fingerprint density at radius 2 is 1.69 bits per heavy atom. The SMILES string of the molecule is Oc1cc2c(cc1-c1ccc3sc4c(c3c1)CCCC4)C1C=CC=CC1C21C2=C(CCCC2)C2CC=CCC21. The summed E-state index contributed by atoms with van der Waals surface area (Å²) in [6.45, 7) is 0. The van der Waals surface area contributed by atoms with Gasteiger partial charge in [0.1, 0.15) is 5.75 Å². The second kappa shape index (κ2) is 8.33. The van der Waals surface area contributed by atoms with E-state index in [4.69, 9.17) is 0 Å². The van der Waals surface area contributed by atoms with Crippen molar-refractivity contribution in [2.24, 2.45) is 17.8 Å². The molecule has 1 heterocycles. The van der Waals surface area contributed by atoms with Crippen molar-refractivity contribution in [3.05, 3.63) is 99.5 Å². The number of fused-ring (bicyclic) bond motifs is 12. The van der Waals surface area contributed by atoms with E-state index < -0.39 is 0 Å². The Bertz CT molecular complexity index is 1660. The molecule has 5 atom stereocenters. The highest BCUT2D eigenvalue weighted by atomic mass is 32.1. The normalized spacial score (nSPS) is 31.9. The van der Waals surface area contributed by atoms with E-state index in [1.54, 1.807) is 21.6 Å². The summed E-state index contributed by atoms with van der Waals surface area (Å²) in [7, 11) is 0. The Morgan fingerprint density at radius 1 is 0.846 bits per heavy atom. The molecule has 9 rings (SSSR count). The van der Waals surface area contributed by atoms with Crippen molar-refractivity contribution in [3.8, 4) is 16.9 Å². The molecule has 5 unspecified atom stereocenters. The van der Waals surface area contributed by atoms with Crippen LogP contribution in [0.3, 0.4) is 0 Å². The molecule has 39 heavy (non-hydrogen) atoms. The average molecular weight is 529 g/mol. The van der Waals surface area contributed by atoms with Crippen LogP contribution >= 0.6 is 11.3 Å². The van der Waals surface area contributed by atoms with Crippen LogP contribution in [-0.2, 0) is 18.3 Å². The van der Waals surface area contributed by atoms with Gasteiger partial charge in [0.15, 0.2) is 0 Å². The van der Waals surface area contributed by atoms with Crippen LogP contribution in [0, 0.1) is 17.8 Å². The molecule has 0 saturated carbocycles. The lowest BCUT2D eigenvalue weighted by atomic mass is 9.58. The standard InChI is InChI=1S/C37H36OS/c38-34-21-33-28(20-27(34)22-17-18-36-29(19-22)26-12-4-8-16-35(26)39-36)25-11-3-7-15-32(25)37(33)30-13-5-1-9-23(30)24-10-2-6-14-31(24)37/h1,3,5,7,11,15,17-21,23,25,30,32,38H,2,4,6,8-10,12-14,16H2. The van der Waals surface area contributed by atoms with Gasteiger partial charge >= 0.3 is 0 Å². The Hall–Kier alpha value is -2.84. The number of thiophene rings is 1. The van der Waals surface area contributed by atoms with Crippen LogP contribution in [0.5, 0.6) is 5.75 Å². The highest BCUT2D eigenvalue weighted by molar-refractivity contribution is 7.19. The zero-order valence-electron chi connectivity index (χ0n) is 22.6. The third-order valence-corrected chi connectivity index (χ3v) is 12.6. The van der Waals surface area contributed by atoms with Gasteiger partial charge in [0.05, 0.1) is 0 Å². The van der Waals surface area contributed by atoms with Crippen LogP contribution in [0.2, 0.25) is 0 Å². The molecule has 2 heteroatoms. The van der Waals surface area contributed by atoms with Gasteiger partial charge in [0.2, 0.25) is 0 Å². The topological polar surface area (TPSA) is 20.2 Å². The summed E-state index contributed by atoms with van der Waals surface area (Å²) in [5.74, 6) is 2.63. The molecule has 0 aliphatic heterocycles. The Labute approximate surface area is 235 Å². The molecule has 2 aromatic carbocycles. The van der Waals surface area contributed by atoms with Gasteiger partial charge in [-0.25, -0.2) is 0 Å². The molecule has 1 nitrogen and oxygen atoms in total. The highest BCUT2D eigenvalue weighted by Crippen LogP contribution is 2.70. The van der Waals surface area contributed by atoms with Crippen LogP contribution in [0.25, 0.3) is 21.2 Å². The fraction of sp³-hybridized carbons (Fsp3) is 0.405. The Morgan fingerprint density at radius 3 is 2.67 bits per heavy atom. The maximum Gasteiger partial charge on any atom is 0.123 e. The average Bonchev–Trinajstić information content (AvgIpc) is 3.60. The van der Waals surface area contributed by atoms with E-state index in [9.17, 15) is 5.11 Å². The van der Waals surface area contributed by atoms with E-state index in [-0.39, 0.29) is 5.41 Å². The molecule has 1 spiro atoms. The minimum atomic E-state index is 0.0405. The number of hydrogen-bond acceptors (Lipinski definition) is 2. The molecule has 196 valence electrons. The Balaban J connectivity index is 1.26. The molecule has 0 fully saturated rings. The first-order valence-electron chi connectivity index (χ1n) is 15.4. The number of phenolic OH excluding ortho intramolecular Hbond substituents is 1. The minimum absolute atomic E-state index is 0.0405. The van der Waals surface area contributed by atoms with Crippen LogP contribution in [0.4, 0.5) is 0 Å². The van der Waals surface area contributed by atoms with E-state index in [1.807, 2.05) is 11.3 Å². The quantitative estimate of drug-likeness (QED) is 0.312. The number of phenols is 1. The van der Waals surface area contributed by atoms with Crippen molar-refractivity contribution < 1.29 is 5.11 Å². The van der Waals surface area contributed by atoms with Crippen molar-refractivity contribution in [1.82, 2.24) is 0 Å². The van der Waals surface area contributed by atoms with Gasteiger partial charge in [-0.2, -0.15) is 0 Å². The van der Waals surface area contributed by atoms with E-state index in [0.717, 1.165) is 5.56 Å². The molecule has 0 bridgehead atoms. The largest absolute Gasteiger partial charge is 0.507 e. The maximum atomic E-state index is 11.8. The molecule has 6 aliphatic rings. The molecule has 6 aliphatic carbocycles. The molecule has 1 N–H and O–H groups in total. The van der Waals surface area contributed by atoms with Crippen molar-refractivity contribution in [1.29, 1.82) is 0 Å². The fourth-order valence-electron chi connectivity index (χ4n) is 9.97. The van der Waals surface area contributed by atoms with Crippen molar-refractivity contribution in [2.75, 3.05) is 0 Å². The molecule has 0 amide bonds. The van der Waals surface area contributed by atoms with Gasteiger partial charge < -0.3 is 5.11 Å². The van der Waals surface area contributed by atoms with Crippen LogP contribution in [0.1, 0.15) is 78.9 Å². The van der Waals surface area contributed by atoms with Gasteiger partial charge in [0.25, 0.3) is 0 Å². The third kappa shape index (κ3) is 2.97. The lowest BCUT2D eigenvalue weighted by Crippen LogP contribution is -2.41. The van der Waals surface area contributed by atoms with Crippen LogP contribution < -0.4 is 0 Å². The number of allylic oxidation sites excluding steroid dienone is 8. The van der Waals surface area contributed by atoms with Gasteiger partial charge in [-0.05, 0) is 128 Å². The number of benzene rings is 2. The van der Waals surface area contributed by atoms with E-state index >= 15 is 0 Å². The fourth-order valence-corrected chi connectivity index (χ4v) is 11.2. The van der Waals surface area contributed by atoms with Crippen LogP contribution in [0.15, 0.2) is 77.9 Å². The monoisotopic (exact) mass is 528 g/mol. The third-order valence-electron chi connectivity index (χ3n) is 11.4. The van der Waals surface area contributed by atoms with Crippen molar-refractivity contribution in [2.45, 2.75) is 75.5 Å². The Kier molecular flexibility index (Phi) is 4.90. The first-order valence-corrected chi connectivity index (χ1v) is 16.2. The lowest BCUT2D eigenvalue weighted by molar-refractivity contribution is 0.218. The molecular weight excluding hydrogens is 492 g/mol. The molecule has 0 radical (unpaired) electrons. The number of rotatable bonds is 1. The number of hydrogen-bond donors (Lipinski definition) is 1. The van der Waals surface area contributed by atoms with Crippen LogP contribution in [-0.4, -0.2) is 5.11 Å². The highest BCUT2D eigenvalue weighted by Gasteiger charge is 2.62. The summed E-state index contributed by atoms with van der Waals surface area (Å²) in [6.07, 6.45) is 27.1. The summed E-state index contributed by atoms with van der Waals surface area (Å²) in [4.78, 5) is 1.59. The predicted octanol–water partition coefficient (Wildman–Crippen LogP) is 9.70. The second-order valence-electron chi connectivity index (χ2n) is 12.9. The zero-order chi connectivity index (χ0) is 25.7. The maximum absolute atomic E-state index is 11.8. The summed E-state index contributed by atoms with van der Waals surface area (Å²) < 4.78 is 1.41. The molecular formula is C37H36OS. The van der Waals surface area contributed by atoms with Crippen molar-refractivity contribution >= 4 is 21.4 Å². The minimum Gasteiger partial charge on any atom is -0.507 e. The first-order chi connectivity index (χ1) is 19.2. The molecule has 1 aromatic heterocycles. The van der Waals surface area contributed by atoms with Crippen molar-refractivity contribution in [3.63, 3.8) is 0 Å². The van der Waals surface area contributed by atoms with Gasteiger partial charge in [-0.1, -0.05) is 53.7 Å². The van der Waals surface area contributed by atoms with Gasteiger partial charge in [-0.3, -0.25) is 0 Å². The lowest BCUT2D eigenvalue weighted by Gasteiger charge is -2.44. The summed E-state index contributed by atoms with van der Waals surface area (Å²) in [5.41, 5.74) is 10.3. The summed E-state index contributed by atoms with van der Waals surface area (Å²) in [5, 5.41) is 13.2. The van der Waals surface area contributed by atoms with E-state index in [0.29, 0.717) is 29.4 Å². The second-order valence-corrected chi connectivity index (χ2v) is 14.1. The molecule has 3 aromatic rings. The van der Waals surface area contributed by atoms with E-state index in [2.05, 4.69) is 66.8 Å². The summed E-state index contributed by atoms with van der Waals surface area (Å²) in [6, 6.07) is 11.6.